The smallest absolute Gasteiger partial charge is 0.163 e. The van der Waals surface area contributed by atoms with Gasteiger partial charge in [-0.1, -0.05) is 41.4 Å². The zero-order valence-corrected chi connectivity index (χ0v) is 12.9. The van der Waals surface area contributed by atoms with Crippen LogP contribution in [-0.4, -0.2) is 15.0 Å². The van der Waals surface area contributed by atoms with Crippen molar-refractivity contribution in [3.63, 3.8) is 0 Å². The number of aryl methyl sites for hydroxylation is 1. The zero-order valence-electron chi connectivity index (χ0n) is 12.1. The predicted molar refractivity (Wildman–Crippen MR) is 88.8 cm³/mol. The molecule has 0 radical (unpaired) electrons. The SMILES string of the molecule is Cc1ccc(CNc2cc(Cl)nc(-c3ccncc3)n2)cc1. The standard InChI is InChI=1S/C17H15ClN4/c1-12-2-4-13(5-3-12)11-20-16-10-15(18)21-17(22-16)14-6-8-19-9-7-14/h2-10H,11H2,1H3,(H,20,21,22). The van der Waals surface area contributed by atoms with Crippen molar-refractivity contribution >= 4 is 17.4 Å². The summed E-state index contributed by atoms with van der Waals surface area (Å²) in [6.07, 6.45) is 3.41. The van der Waals surface area contributed by atoms with Gasteiger partial charge in [-0.05, 0) is 24.6 Å². The first kappa shape index (κ1) is 14.5. The number of pyridine rings is 1. The van der Waals surface area contributed by atoms with Crippen molar-refractivity contribution in [2.45, 2.75) is 13.5 Å². The molecule has 0 amide bonds. The van der Waals surface area contributed by atoms with Gasteiger partial charge in [0, 0.05) is 30.6 Å². The highest BCUT2D eigenvalue weighted by molar-refractivity contribution is 6.29. The van der Waals surface area contributed by atoms with Crippen molar-refractivity contribution < 1.29 is 0 Å². The van der Waals surface area contributed by atoms with Gasteiger partial charge in [0.05, 0.1) is 0 Å². The lowest BCUT2D eigenvalue weighted by molar-refractivity contribution is 1.08. The van der Waals surface area contributed by atoms with Gasteiger partial charge in [0.15, 0.2) is 5.82 Å². The van der Waals surface area contributed by atoms with Gasteiger partial charge < -0.3 is 5.32 Å². The van der Waals surface area contributed by atoms with E-state index in [1.165, 1.54) is 11.1 Å². The molecule has 0 saturated carbocycles. The Morgan fingerprint density at radius 2 is 1.73 bits per heavy atom. The van der Waals surface area contributed by atoms with Crippen LogP contribution in [0.1, 0.15) is 11.1 Å². The molecule has 0 spiro atoms. The number of anilines is 1. The number of hydrogen-bond acceptors (Lipinski definition) is 4. The van der Waals surface area contributed by atoms with E-state index in [1.54, 1.807) is 18.5 Å². The first-order valence-electron chi connectivity index (χ1n) is 6.95. The van der Waals surface area contributed by atoms with Gasteiger partial charge >= 0.3 is 0 Å². The molecule has 0 aliphatic carbocycles. The Morgan fingerprint density at radius 3 is 2.45 bits per heavy atom. The maximum Gasteiger partial charge on any atom is 0.163 e. The van der Waals surface area contributed by atoms with E-state index in [9.17, 15) is 0 Å². The molecule has 22 heavy (non-hydrogen) atoms. The number of nitrogens with one attached hydrogen (secondary N) is 1. The van der Waals surface area contributed by atoms with Gasteiger partial charge in [-0.25, -0.2) is 9.97 Å². The van der Waals surface area contributed by atoms with E-state index < -0.39 is 0 Å². The van der Waals surface area contributed by atoms with E-state index in [0.717, 1.165) is 5.56 Å². The molecule has 0 aliphatic rings. The Labute approximate surface area is 134 Å². The van der Waals surface area contributed by atoms with Gasteiger partial charge in [0.25, 0.3) is 0 Å². The Kier molecular flexibility index (Phi) is 4.30. The molecule has 1 aromatic carbocycles. The minimum Gasteiger partial charge on any atom is -0.366 e. The fourth-order valence-corrected chi connectivity index (χ4v) is 2.22. The summed E-state index contributed by atoms with van der Waals surface area (Å²) in [4.78, 5) is 12.8. The number of benzene rings is 1. The van der Waals surface area contributed by atoms with Crippen LogP contribution in [0.15, 0.2) is 54.9 Å². The van der Waals surface area contributed by atoms with Crippen molar-refractivity contribution in [1.82, 2.24) is 15.0 Å². The lowest BCUT2D eigenvalue weighted by Gasteiger charge is -2.08. The molecule has 0 saturated heterocycles. The maximum absolute atomic E-state index is 6.10. The summed E-state index contributed by atoms with van der Waals surface area (Å²) in [6, 6.07) is 13.8. The highest BCUT2D eigenvalue weighted by Crippen LogP contribution is 2.20. The van der Waals surface area contributed by atoms with E-state index in [1.807, 2.05) is 12.1 Å². The van der Waals surface area contributed by atoms with E-state index >= 15 is 0 Å². The number of aromatic nitrogens is 3. The average Bonchev–Trinajstić information content (AvgIpc) is 2.55. The second kappa shape index (κ2) is 6.54. The summed E-state index contributed by atoms with van der Waals surface area (Å²) in [5, 5.41) is 3.69. The Morgan fingerprint density at radius 1 is 1.00 bits per heavy atom. The maximum atomic E-state index is 6.10. The Bertz CT molecular complexity index is 757. The summed E-state index contributed by atoms with van der Waals surface area (Å²) >= 11 is 6.10. The van der Waals surface area contributed by atoms with E-state index in [2.05, 4.69) is 51.5 Å². The van der Waals surface area contributed by atoms with Crippen molar-refractivity contribution in [1.29, 1.82) is 0 Å². The van der Waals surface area contributed by atoms with Gasteiger partial charge in [0.2, 0.25) is 0 Å². The van der Waals surface area contributed by atoms with Crippen LogP contribution in [0.3, 0.4) is 0 Å². The van der Waals surface area contributed by atoms with Crippen LogP contribution < -0.4 is 5.32 Å². The van der Waals surface area contributed by atoms with Crippen molar-refractivity contribution in [3.8, 4) is 11.4 Å². The van der Waals surface area contributed by atoms with Gasteiger partial charge in [-0.2, -0.15) is 0 Å². The topological polar surface area (TPSA) is 50.7 Å². The third-order valence-corrected chi connectivity index (χ3v) is 3.42. The fourth-order valence-electron chi connectivity index (χ4n) is 2.04. The molecule has 1 N–H and O–H groups in total. The Balaban J connectivity index is 1.79. The van der Waals surface area contributed by atoms with Gasteiger partial charge in [-0.3, -0.25) is 4.98 Å². The molecule has 0 atom stereocenters. The van der Waals surface area contributed by atoms with E-state index in [4.69, 9.17) is 11.6 Å². The Hall–Kier alpha value is -2.46. The largest absolute Gasteiger partial charge is 0.366 e. The number of nitrogens with zero attached hydrogens (tertiary/aromatic N) is 3. The monoisotopic (exact) mass is 310 g/mol. The van der Waals surface area contributed by atoms with Crippen LogP contribution in [0.2, 0.25) is 5.15 Å². The summed E-state index contributed by atoms with van der Waals surface area (Å²) in [5.41, 5.74) is 3.32. The number of halogens is 1. The summed E-state index contributed by atoms with van der Waals surface area (Å²) in [5.74, 6) is 1.29. The molecule has 0 unspecified atom stereocenters. The van der Waals surface area contributed by atoms with Crippen LogP contribution in [0.5, 0.6) is 0 Å². The number of rotatable bonds is 4. The van der Waals surface area contributed by atoms with Crippen molar-refractivity contribution in [3.05, 3.63) is 71.1 Å². The van der Waals surface area contributed by atoms with E-state index in [-0.39, 0.29) is 0 Å². The molecular formula is C17H15ClN4. The quantitative estimate of drug-likeness (QED) is 0.737. The third kappa shape index (κ3) is 3.59. The summed E-state index contributed by atoms with van der Waals surface area (Å²) in [7, 11) is 0. The summed E-state index contributed by atoms with van der Waals surface area (Å²) in [6.45, 7) is 2.76. The summed E-state index contributed by atoms with van der Waals surface area (Å²) < 4.78 is 0. The molecule has 2 aromatic heterocycles. The van der Waals surface area contributed by atoms with Crippen LogP contribution in [0.4, 0.5) is 5.82 Å². The lowest BCUT2D eigenvalue weighted by Crippen LogP contribution is -2.03. The lowest BCUT2D eigenvalue weighted by atomic mass is 10.1. The molecule has 5 heteroatoms. The average molecular weight is 311 g/mol. The number of hydrogen-bond donors (Lipinski definition) is 1. The van der Waals surface area contributed by atoms with Crippen molar-refractivity contribution in [2.75, 3.05) is 5.32 Å². The minimum atomic E-state index is 0.410. The second-order valence-corrected chi connectivity index (χ2v) is 5.36. The molecule has 3 rings (SSSR count). The molecule has 0 bridgehead atoms. The molecule has 0 aliphatic heterocycles. The molecule has 110 valence electrons. The van der Waals surface area contributed by atoms with Gasteiger partial charge in [0.1, 0.15) is 11.0 Å². The highest BCUT2D eigenvalue weighted by atomic mass is 35.5. The van der Waals surface area contributed by atoms with E-state index in [0.29, 0.717) is 23.3 Å². The highest BCUT2D eigenvalue weighted by Gasteiger charge is 2.05. The van der Waals surface area contributed by atoms with Crippen LogP contribution in [-0.2, 0) is 6.54 Å². The van der Waals surface area contributed by atoms with Crippen molar-refractivity contribution in [2.24, 2.45) is 0 Å². The molecule has 3 aromatic rings. The minimum absolute atomic E-state index is 0.410. The third-order valence-electron chi connectivity index (χ3n) is 3.23. The molecule has 2 heterocycles. The van der Waals surface area contributed by atoms with Gasteiger partial charge in [-0.15, -0.1) is 0 Å². The van der Waals surface area contributed by atoms with Crippen LogP contribution in [0.25, 0.3) is 11.4 Å². The predicted octanol–water partition coefficient (Wildman–Crippen LogP) is 4.11. The van der Waals surface area contributed by atoms with Crippen LogP contribution in [0, 0.1) is 6.92 Å². The van der Waals surface area contributed by atoms with Crippen LogP contribution >= 0.6 is 11.6 Å². The first-order chi connectivity index (χ1) is 10.7. The molecular weight excluding hydrogens is 296 g/mol. The normalized spacial score (nSPS) is 10.5. The molecule has 4 nitrogen and oxygen atoms in total. The zero-order chi connectivity index (χ0) is 15.4. The second-order valence-electron chi connectivity index (χ2n) is 4.97. The first-order valence-corrected chi connectivity index (χ1v) is 7.33. The molecule has 0 fully saturated rings. The fraction of sp³-hybridized carbons (Fsp3) is 0.118.